The maximum atomic E-state index is 11.1. The third kappa shape index (κ3) is 5.61. The van der Waals surface area contributed by atoms with Crippen LogP contribution in [0.1, 0.15) is 20.3 Å². The molecule has 0 aliphatic heterocycles. The molecule has 0 aromatic rings. The number of rotatable bonds is 6. The van der Waals surface area contributed by atoms with Crippen molar-refractivity contribution < 1.29 is 13.5 Å². The minimum absolute atomic E-state index is 0.00630. The Labute approximate surface area is 87.9 Å². The molecule has 0 rings (SSSR count). The third-order valence-corrected chi connectivity index (χ3v) is 4.48. The van der Waals surface area contributed by atoms with E-state index in [0.29, 0.717) is 6.42 Å². The lowest BCUT2D eigenvalue weighted by Crippen LogP contribution is -2.39. The SMILES string of the molecule is CC(C)C(CCO)NS(=O)(=O)CBr. The smallest absolute Gasteiger partial charge is 0.221 e. The van der Waals surface area contributed by atoms with Crippen molar-refractivity contribution in [2.24, 2.45) is 5.92 Å². The van der Waals surface area contributed by atoms with E-state index < -0.39 is 10.0 Å². The third-order valence-electron chi connectivity index (χ3n) is 1.72. The molecule has 0 amide bonds. The predicted octanol–water partition coefficient (Wildman–Crippen LogP) is 0.665. The summed E-state index contributed by atoms with van der Waals surface area (Å²) in [4.78, 5) is 0. The van der Waals surface area contributed by atoms with E-state index in [4.69, 9.17) is 5.11 Å². The summed E-state index contributed by atoms with van der Waals surface area (Å²) in [6.45, 7) is 3.82. The Kier molecular flexibility index (Phi) is 6.11. The number of nitrogens with one attached hydrogen (secondary N) is 1. The fraction of sp³-hybridized carbons (Fsp3) is 1.00. The Morgan fingerprint density at radius 2 is 2.00 bits per heavy atom. The number of hydrogen-bond acceptors (Lipinski definition) is 3. The van der Waals surface area contributed by atoms with Crippen molar-refractivity contribution in [2.75, 3.05) is 11.3 Å². The van der Waals surface area contributed by atoms with E-state index in [1.54, 1.807) is 0 Å². The van der Waals surface area contributed by atoms with E-state index in [1.165, 1.54) is 0 Å². The normalized spacial score (nSPS) is 14.8. The maximum Gasteiger partial charge on any atom is 0.221 e. The predicted molar refractivity (Wildman–Crippen MR) is 56.2 cm³/mol. The minimum Gasteiger partial charge on any atom is -0.396 e. The van der Waals surface area contributed by atoms with E-state index in [2.05, 4.69) is 20.7 Å². The van der Waals surface area contributed by atoms with Crippen LogP contribution >= 0.6 is 15.9 Å². The van der Waals surface area contributed by atoms with Crippen LogP contribution in [0.2, 0.25) is 0 Å². The van der Waals surface area contributed by atoms with E-state index in [9.17, 15) is 8.42 Å². The van der Waals surface area contributed by atoms with Crippen LogP contribution in [0.25, 0.3) is 0 Å². The molecule has 4 nitrogen and oxygen atoms in total. The van der Waals surface area contributed by atoms with Gasteiger partial charge in [0.1, 0.15) is 4.66 Å². The molecule has 0 aliphatic carbocycles. The van der Waals surface area contributed by atoms with Gasteiger partial charge in [-0.1, -0.05) is 29.8 Å². The highest BCUT2D eigenvalue weighted by Gasteiger charge is 2.18. The molecule has 0 saturated heterocycles. The van der Waals surface area contributed by atoms with Gasteiger partial charge >= 0.3 is 0 Å². The molecular formula is C7H16BrNO3S. The first-order valence-electron chi connectivity index (χ1n) is 4.09. The molecule has 0 aliphatic rings. The number of alkyl halides is 1. The molecule has 0 aromatic carbocycles. The number of aliphatic hydroxyl groups is 1. The zero-order valence-electron chi connectivity index (χ0n) is 7.83. The van der Waals surface area contributed by atoms with Crippen molar-refractivity contribution in [3.63, 3.8) is 0 Å². The number of halogens is 1. The Morgan fingerprint density at radius 1 is 1.46 bits per heavy atom. The van der Waals surface area contributed by atoms with Crippen molar-refractivity contribution in [1.29, 1.82) is 0 Å². The summed E-state index contributed by atoms with van der Waals surface area (Å²) in [7, 11) is -3.23. The first-order chi connectivity index (χ1) is 5.93. The second-order valence-electron chi connectivity index (χ2n) is 3.20. The van der Waals surface area contributed by atoms with Crippen LogP contribution in [0, 0.1) is 5.92 Å². The van der Waals surface area contributed by atoms with Gasteiger partial charge in [0.15, 0.2) is 0 Å². The first kappa shape index (κ1) is 13.4. The van der Waals surface area contributed by atoms with Crippen molar-refractivity contribution in [3.8, 4) is 0 Å². The van der Waals surface area contributed by atoms with Crippen molar-refractivity contribution >= 4 is 26.0 Å². The summed E-state index contributed by atoms with van der Waals surface area (Å²) in [6.07, 6.45) is 0.448. The van der Waals surface area contributed by atoms with Crippen LogP contribution in [0.3, 0.4) is 0 Å². The Hall–Kier alpha value is 0.350. The zero-order chi connectivity index (χ0) is 10.5. The fourth-order valence-corrected chi connectivity index (χ4v) is 2.24. The van der Waals surface area contributed by atoms with Gasteiger partial charge in [0.05, 0.1) is 0 Å². The van der Waals surface area contributed by atoms with Crippen LogP contribution < -0.4 is 4.72 Å². The van der Waals surface area contributed by atoms with Gasteiger partial charge in [-0.05, 0) is 12.3 Å². The average molecular weight is 274 g/mol. The lowest BCUT2D eigenvalue weighted by atomic mass is 10.0. The molecule has 0 heterocycles. The van der Waals surface area contributed by atoms with Crippen LogP contribution in [-0.4, -0.2) is 30.8 Å². The van der Waals surface area contributed by atoms with E-state index in [1.807, 2.05) is 13.8 Å². The van der Waals surface area contributed by atoms with Crippen LogP contribution in [0.4, 0.5) is 0 Å². The quantitative estimate of drug-likeness (QED) is 0.699. The highest BCUT2D eigenvalue weighted by molar-refractivity contribution is 9.10. The molecular weight excluding hydrogens is 258 g/mol. The van der Waals surface area contributed by atoms with Gasteiger partial charge in [0, 0.05) is 12.6 Å². The Balaban J connectivity index is 4.26. The number of sulfonamides is 1. The molecule has 0 aromatic heterocycles. The molecule has 1 unspecified atom stereocenters. The molecule has 0 bridgehead atoms. The fourth-order valence-electron chi connectivity index (χ4n) is 0.930. The van der Waals surface area contributed by atoms with Gasteiger partial charge in [-0.15, -0.1) is 0 Å². The lowest BCUT2D eigenvalue weighted by molar-refractivity contribution is 0.256. The number of aliphatic hydroxyl groups excluding tert-OH is 1. The van der Waals surface area contributed by atoms with E-state index >= 15 is 0 Å². The maximum absolute atomic E-state index is 11.1. The Morgan fingerprint density at radius 3 is 2.31 bits per heavy atom. The zero-order valence-corrected chi connectivity index (χ0v) is 10.2. The van der Waals surface area contributed by atoms with E-state index in [0.717, 1.165) is 0 Å². The summed E-state index contributed by atoms with van der Waals surface area (Å²) in [5.74, 6) is 0.181. The molecule has 2 N–H and O–H groups in total. The average Bonchev–Trinajstić information content (AvgIpc) is 2.03. The van der Waals surface area contributed by atoms with Gasteiger partial charge in [-0.25, -0.2) is 13.1 Å². The molecule has 13 heavy (non-hydrogen) atoms. The molecule has 0 fully saturated rings. The molecule has 6 heteroatoms. The summed E-state index contributed by atoms with van der Waals surface area (Å²) in [5, 5.41) is 8.71. The number of hydrogen-bond donors (Lipinski definition) is 2. The summed E-state index contributed by atoms with van der Waals surface area (Å²) < 4.78 is 24.7. The second-order valence-corrected chi connectivity index (χ2v) is 6.26. The van der Waals surface area contributed by atoms with Gasteiger partial charge in [-0.3, -0.25) is 0 Å². The largest absolute Gasteiger partial charge is 0.396 e. The highest BCUT2D eigenvalue weighted by atomic mass is 79.9. The highest BCUT2D eigenvalue weighted by Crippen LogP contribution is 2.07. The van der Waals surface area contributed by atoms with Crippen molar-refractivity contribution in [3.05, 3.63) is 0 Å². The molecule has 0 saturated carbocycles. The summed E-state index contributed by atoms with van der Waals surface area (Å²) in [6, 6.07) is -0.187. The van der Waals surface area contributed by atoms with Gasteiger partial charge in [0.25, 0.3) is 0 Å². The molecule has 0 radical (unpaired) electrons. The lowest BCUT2D eigenvalue weighted by Gasteiger charge is -2.20. The molecule has 0 spiro atoms. The standard InChI is InChI=1S/C7H16BrNO3S/c1-6(2)7(3-4-10)9-13(11,12)5-8/h6-7,9-10H,3-5H2,1-2H3. The monoisotopic (exact) mass is 273 g/mol. The van der Waals surface area contributed by atoms with E-state index in [-0.39, 0.29) is 23.2 Å². The minimum atomic E-state index is -3.23. The van der Waals surface area contributed by atoms with Gasteiger partial charge < -0.3 is 5.11 Å². The van der Waals surface area contributed by atoms with Gasteiger partial charge in [0.2, 0.25) is 10.0 Å². The second kappa shape index (κ2) is 5.95. The molecule has 1 atom stereocenters. The van der Waals surface area contributed by atoms with Crippen molar-refractivity contribution in [2.45, 2.75) is 26.3 Å². The van der Waals surface area contributed by atoms with Crippen LogP contribution in [0.15, 0.2) is 0 Å². The molecule has 80 valence electrons. The van der Waals surface area contributed by atoms with Crippen LogP contribution in [-0.2, 0) is 10.0 Å². The summed E-state index contributed by atoms with van der Waals surface area (Å²) >= 11 is 2.89. The topological polar surface area (TPSA) is 66.4 Å². The van der Waals surface area contributed by atoms with Crippen LogP contribution in [0.5, 0.6) is 0 Å². The Bertz CT molecular complexity index is 228. The first-order valence-corrected chi connectivity index (χ1v) is 6.87. The van der Waals surface area contributed by atoms with Gasteiger partial charge in [-0.2, -0.15) is 0 Å². The summed E-state index contributed by atoms with van der Waals surface area (Å²) in [5.41, 5.74) is 0. The van der Waals surface area contributed by atoms with Crippen molar-refractivity contribution in [1.82, 2.24) is 4.72 Å².